The number of amides is 2. The van der Waals surface area contributed by atoms with Crippen molar-refractivity contribution >= 4 is 11.8 Å². The molecule has 4 nitrogen and oxygen atoms in total. The summed E-state index contributed by atoms with van der Waals surface area (Å²) >= 11 is 0. The molecule has 2 rings (SSSR count). The van der Waals surface area contributed by atoms with E-state index < -0.39 is 0 Å². The summed E-state index contributed by atoms with van der Waals surface area (Å²) in [7, 11) is 0. The molecule has 0 aromatic heterocycles. The van der Waals surface area contributed by atoms with Crippen LogP contribution in [-0.4, -0.2) is 34.8 Å². The summed E-state index contributed by atoms with van der Waals surface area (Å²) in [5.41, 5.74) is 0. The second kappa shape index (κ2) is 6.70. The van der Waals surface area contributed by atoms with Crippen LogP contribution in [0.2, 0.25) is 0 Å². The van der Waals surface area contributed by atoms with Gasteiger partial charge in [-0.1, -0.05) is 33.1 Å². The largest absolute Gasteiger partial charge is 0.303 e. The van der Waals surface area contributed by atoms with E-state index in [1.54, 1.807) is 4.90 Å². The number of carbonyl (C=O) groups excluding carboxylic acids is 2. The summed E-state index contributed by atoms with van der Waals surface area (Å²) in [6.45, 7) is 6.45. The average molecular weight is 280 g/mol. The minimum Gasteiger partial charge on any atom is -0.303 e. The molecule has 20 heavy (non-hydrogen) atoms. The van der Waals surface area contributed by atoms with Crippen molar-refractivity contribution in [2.24, 2.45) is 5.92 Å². The van der Waals surface area contributed by atoms with Gasteiger partial charge in [0, 0.05) is 12.1 Å². The summed E-state index contributed by atoms with van der Waals surface area (Å²) in [4.78, 5) is 26.2. The molecule has 2 atom stereocenters. The molecule has 1 aliphatic heterocycles. The van der Waals surface area contributed by atoms with Crippen molar-refractivity contribution in [2.75, 3.05) is 0 Å². The van der Waals surface area contributed by atoms with E-state index in [0.29, 0.717) is 12.3 Å². The highest BCUT2D eigenvalue weighted by molar-refractivity contribution is 6.05. The van der Waals surface area contributed by atoms with E-state index in [4.69, 9.17) is 0 Å². The molecule has 1 saturated carbocycles. The minimum absolute atomic E-state index is 0.0116. The Hall–Kier alpha value is -0.900. The van der Waals surface area contributed by atoms with E-state index in [0.717, 1.165) is 32.1 Å². The standard InChI is InChI=1S/C16H28N2O2/c1-11(2)9-12(3)17-14-10-15(19)18(16(14)20)13-7-5-4-6-8-13/h11-14,17H,4-10H2,1-3H3. The monoisotopic (exact) mass is 280 g/mol. The van der Waals surface area contributed by atoms with E-state index in [1.165, 1.54) is 6.42 Å². The molecule has 0 radical (unpaired) electrons. The zero-order valence-electron chi connectivity index (χ0n) is 13.0. The summed E-state index contributed by atoms with van der Waals surface area (Å²) < 4.78 is 0. The van der Waals surface area contributed by atoms with Crippen LogP contribution in [0.3, 0.4) is 0 Å². The lowest BCUT2D eigenvalue weighted by Gasteiger charge is -2.30. The molecule has 4 heteroatoms. The quantitative estimate of drug-likeness (QED) is 0.787. The summed E-state index contributed by atoms with van der Waals surface area (Å²) in [5.74, 6) is 0.632. The zero-order chi connectivity index (χ0) is 14.7. The predicted octanol–water partition coefficient (Wildman–Crippen LogP) is 2.47. The van der Waals surface area contributed by atoms with Crippen LogP contribution in [0.4, 0.5) is 0 Å². The summed E-state index contributed by atoms with van der Waals surface area (Å²) in [6.07, 6.45) is 6.88. The van der Waals surface area contributed by atoms with Crippen molar-refractivity contribution in [3.05, 3.63) is 0 Å². The molecular weight excluding hydrogens is 252 g/mol. The van der Waals surface area contributed by atoms with Gasteiger partial charge in [-0.15, -0.1) is 0 Å². The molecule has 0 spiro atoms. The number of carbonyl (C=O) groups is 2. The third kappa shape index (κ3) is 3.60. The van der Waals surface area contributed by atoms with Gasteiger partial charge in [-0.05, 0) is 32.1 Å². The number of nitrogens with zero attached hydrogens (tertiary/aromatic N) is 1. The molecular formula is C16H28N2O2. The molecule has 2 amide bonds. The Labute approximate surface area is 122 Å². The first-order valence-corrected chi connectivity index (χ1v) is 8.11. The number of nitrogens with one attached hydrogen (secondary N) is 1. The number of imide groups is 1. The van der Waals surface area contributed by atoms with Gasteiger partial charge in [-0.3, -0.25) is 14.5 Å². The van der Waals surface area contributed by atoms with Crippen molar-refractivity contribution in [3.63, 3.8) is 0 Å². The maximum Gasteiger partial charge on any atom is 0.247 e. The Morgan fingerprint density at radius 2 is 1.80 bits per heavy atom. The Kier molecular flexibility index (Phi) is 5.19. The minimum atomic E-state index is -0.293. The normalized spacial score (nSPS) is 26.6. The first kappa shape index (κ1) is 15.5. The molecule has 114 valence electrons. The van der Waals surface area contributed by atoms with Gasteiger partial charge in [-0.25, -0.2) is 0 Å². The van der Waals surface area contributed by atoms with Gasteiger partial charge in [0.2, 0.25) is 11.8 Å². The summed E-state index contributed by atoms with van der Waals surface area (Å²) in [5, 5.41) is 3.35. The smallest absolute Gasteiger partial charge is 0.247 e. The third-order valence-electron chi connectivity index (χ3n) is 4.43. The van der Waals surface area contributed by atoms with E-state index in [-0.39, 0.29) is 29.9 Å². The number of hydrogen-bond acceptors (Lipinski definition) is 3. The van der Waals surface area contributed by atoms with Gasteiger partial charge in [-0.2, -0.15) is 0 Å². The zero-order valence-corrected chi connectivity index (χ0v) is 13.0. The number of rotatable bonds is 5. The SMILES string of the molecule is CC(C)CC(C)NC1CC(=O)N(C2CCCCC2)C1=O. The lowest BCUT2D eigenvalue weighted by Crippen LogP contribution is -2.46. The van der Waals surface area contributed by atoms with E-state index in [2.05, 4.69) is 26.1 Å². The molecule has 0 bridgehead atoms. The molecule has 0 aromatic carbocycles. The van der Waals surface area contributed by atoms with Gasteiger partial charge >= 0.3 is 0 Å². The van der Waals surface area contributed by atoms with Crippen LogP contribution in [-0.2, 0) is 9.59 Å². The highest BCUT2D eigenvalue weighted by Crippen LogP contribution is 2.27. The average Bonchev–Trinajstić information content (AvgIpc) is 2.64. The van der Waals surface area contributed by atoms with Crippen molar-refractivity contribution in [1.82, 2.24) is 10.2 Å². The molecule has 2 aliphatic rings. The van der Waals surface area contributed by atoms with E-state index >= 15 is 0 Å². The maximum absolute atomic E-state index is 12.5. The molecule has 0 aromatic rings. The first-order chi connectivity index (χ1) is 9.49. The van der Waals surface area contributed by atoms with Crippen LogP contribution >= 0.6 is 0 Å². The van der Waals surface area contributed by atoms with Gasteiger partial charge in [0.1, 0.15) is 0 Å². The molecule has 1 aliphatic carbocycles. The van der Waals surface area contributed by atoms with E-state index in [1.807, 2.05) is 0 Å². The molecule has 1 saturated heterocycles. The van der Waals surface area contributed by atoms with Crippen LogP contribution in [0.1, 0.15) is 65.7 Å². The van der Waals surface area contributed by atoms with Crippen LogP contribution in [0, 0.1) is 5.92 Å². The Bertz CT molecular complexity index is 361. The molecule has 2 unspecified atom stereocenters. The highest BCUT2D eigenvalue weighted by Gasteiger charge is 2.42. The van der Waals surface area contributed by atoms with Crippen molar-refractivity contribution in [2.45, 2.75) is 83.8 Å². The molecule has 1 heterocycles. The van der Waals surface area contributed by atoms with Gasteiger partial charge in [0.05, 0.1) is 12.5 Å². The van der Waals surface area contributed by atoms with Gasteiger partial charge in [0.15, 0.2) is 0 Å². The lowest BCUT2D eigenvalue weighted by molar-refractivity contribution is -0.142. The van der Waals surface area contributed by atoms with Crippen LogP contribution in [0.5, 0.6) is 0 Å². The van der Waals surface area contributed by atoms with Crippen molar-refractivity contribution in [1.29, 1.82) is 0 Å². The van der Waals surface area contributed by atoms with Gasteiger partial charge in [0.25, 0.3) is 0 Å². The topological polar surface area (TPSA) is 49.4 Å². The highest BCUT2D eigenvalue weighted by atomic mass is 16.2. The van der Waals surface area contributed by atoms with Crippen LogP contribution in [0.15, 0.2) is 0 Å². The molecule has 2 fully saturated rings. The first-order valence-electron chi connectivity index (χ1n) is 8.11. The Morgan fingerprint density at radius 1 is 1.15 bits per heavy atom. The van der Waals surface area contributed by atoms with E-state index in [9.17, 15) is 9.59 Å². The van der Waals surface area contributed by atoms with Crippen LogP contribution in [0.25, 0.3) is 0 Å². The molecule has 1 N–H and O–H groups in total. The third-order valence-corrected chi connectivity index (χ3v) is 4.43. The lowest BCUT2D eigenvalue weighted by atomic mass is 9.94. The predicted molar refractivity (Wildman–Crippen MR) is 79.2 cm³/mol. The van der Waals surface area contributed by atoms with Crippen molar-refractivity contribution in [3.8, 4) is 0 Å². The fourth-order valence-electron chi connectivity index (χ4n) is 3.62. The Morgan fingerprint density at radius 3 is 2.40 bits per heavy atom. The Balaban J connectivity index is 1.94. The van der Waals surface area contributed by atoms with Crippen LogP contribution < -0.4 is 5.32 Å². The fourth-order valence-corrected chi connectivity index (χ4v) is 3.62. The fraction of sp³-hybridized carbons (Fsp3) is 0.875. The maximum atomic E-state index is 12.5. The number of likely N-dealkylation sites (tertiary alicyclic amines) is 1. The second-order valence-electron chi connectivity index (χ2n) is 6.85. The van der Waals surface area contributed by atoms with Gasteiger partial charge < -0.3 is 5.32 Å². The number of hydrogen-bond donors (Lipinski definition) is 1. The second-order valence-corrected chi connectivity index (χ2v) is 6.85. The van der Waals surface area contributed by atoms with Crippen molar-refractivity contribution < 1.29 is 9.59 Å². The summed E-state index contributed by atoms with van der Waals surface area (Å²) in [6, 6.07) is 0.150.